The lowest BCUT2D eigenvalue weighted by molar-refractivity contribution is 0.624. The van der Waals surface area contributed by atoms with Crippen LogP contribution in [0.1, 0.15) is 36.5 Å². The number of nitrogens with one attached hydrogen (secondary N) is 1. The van der Waals surface area contributed by atoms with Crippen LogP contribution in [0, 0.1) is 17.1 Å². The summed E-state index contributed by atoms with van der Waals surface area (Å²) in [6, 6.07) is 14.8. The van der Waals surface area contributed by atoms with Gasteiger partial charge < -0.3 is 5.32 Å². The minimum absolute atomic E-state index is 0.0614. The van der Waals surface area contributed by atoms with Gasteiger partial charge in [0.05, 0.1) is 5.69 Å². The zero-order valence-corrected chi connectivity index (χ0v) is 11.7. The summed E-state index contributed by atoms with van der Waals surface area (Å²) >= 11 is 0. The van der Waals surface area contributed by atoms with Crippen molar-refractivity contribution in [2.75, 3.05) is 5.32 Å². The van der Waals surface area contributed by atoms with E-state index in [2.05, 4.69) is 31.3 Å². The summed E-state index contributed by atoms with van der Waals surface area (Å²) in [5, 5.41) is 12.1. The molecule has 0 aromatic heterocycles. The van der Waals surface area contributed by atoms with Crippen molar-refractivity contribution in [3.05, 3.63) is 65.0 Å². The monoisotopic (exact) mass is 268 g/mol. The van der Waals surface area contributed by atoms with E-state index in [-0.39, 0.29) is 5.56 Å². The van der Waals surface area contributed by atoms with Crippen LogP contribution in [0.2, 0.25) is 0 Å². The molecule has 0 unspecified atom stereocenters. The van der Waals surface area contributed by atoms with Crippen molar-refractivity contribution < 1.29 is 4.39 Å². The van der Waals surface area contributed by atoms with Crippen molar-refractivity contribution in [1.82, 2.24) is 0 Å². The first-order valence-electron chi connectivity index (χ1n) is 6.63. The van der Waals surface area contributed by atoms with Gasteiger partial charge in [-0.1, -0.05) is 44.2 Å². The van der Waals surface area contributed by atoms with E-state index in [0.717, 1.165) is 5.56 Å². The van der Waals surface area contributed by atoms with Gasteiger partial charge in [0.25, 0.3) is 0 Å². The third-order valence-electron chi connectivity index (χ3n) is 3.25. The molecule has 1 N–H and O–H groups in total. The minimum Gasteiger partial charge on any atom is -0.380 e. The van der Waals surface area contributed by atoms with Gasteiger partial charge in [0, 0.05) is 6.54 Å². The van der Waals surface area contributed by atoms with Gasteiger partial charge in [0.15, 0.2) is 0 Å². The number of nitrogens with zero attached hydrogens (tertiary/aromatic N) is 1. The number of rotatable bonds is 4. The molecule has 0 atom stereocenters. The highest BCUT2D eigenvalue weighted by atomic mass is 19.1. The highest BCUT2D eigenvalue weighted by Crippen LogP contribution is 2.19. The molecule has 0 aliphatic carbocycles. The van der Waals surface area contributed by atoms with Crippen LogP contribution in [0.3, 0.4) is 0 Å². The molecule has 0 radical (unpaired) electrons. The molecule has 0 heterocycles. The Kier molecular flexibility index (Phi) is 4.37. The van der Waals surface area contributed by atoms with E-state index in [9.17, 15) is 4.39 Å². The smallest absolute Gasteiger partial charge is 0.143 e. The summed E-state index contributed by atoms with van der Waals surface area (Å²) in [6.07, 6.45) is 0. The molecule has 0 spiro atoms. The number of anilines is 1. The van der Waals surface area contributed by atoms with Crippen LogP contribution >= 0.6 is 0 Å². The molecule has 0 saturated carbocycles. The van der Waals surface area contributed by atoms with Gasteiger partial charge in [-0.15, -0.1) is 0 Å². The second-order valence-corrected chi connectivity index (χ2v) is 5.02. The Bertz CT molecular complexity index is 624. The van der Waals surface area contributed by atoms with Gasteiger partial charge in [0.1, 0.15) is 17.4 Å². The molecule has 20 heavy (non-hydrogen) atoms. The summed E-state index contributed by atoms with van der Waals surface area (Å²) in [4.78, 5) is 0. The van der Waals surface area contributed by atoms with Crippen LogP contribution in [0.4, 0.5) is 10.1 Å². The number of halogens is 1. The molecule has 0 saturated heterocycles. The fraction of sp³-hybridized carbons (Fsp3) is 0.235. The predicted molar refractivity (Wildman–Crippen MR) is 79.0 cm³/mol. The minimum atomic E-state index is -0.493. The van der Waals surface area contributed by atoms with E-state index < -0.39 is 5.82 Å². The summed E-state index contributed by atoms with van der Waals surface area (Å²) in [6.45, 7) is 4.87. The molecule has 0 aliphatic heterocycles. The molecule has 3 heteroatoms. The summed E-state index contributed by atoms with van der Waals surface area (Å²) in [5.74, 6) is 0.0121. The molecule has 2 aromatic carbocycles. The topological polar surface area (TPSA) is 35.8 Å². The highest BCUT2D eigenvalue weighted by Gasteiger charge is 2.07. The average Bonchev–Trinajstić information content (AvgIpc) is 2.45. The van der Waals surface area contributed by atoms with Crippen LogP contribution in [0.15, 0.2) is 42.5 Å². The lowest BCUT2D eigenvalue weighted by Gasteiger charge is -2.10. The molecule has 0 amide bonds. The summed E-state index contributed by atoms with van der Waals surface area (Å²) in [5.41, 5.74) is 2.98. The van der Waals surface area contributed by atoms with Crippen molar-refractivity contribution in [3.63, 3.8) is 0 Å². The van der Waals surface area contributed by atoms with Crippen molar-refractivity contribution in [3.8, 4) is 6.07 Å². The third kappa shape index (κ3) is 3.16. The van der Waals surface area contributed by atoms with Crippen molar-refractivity contribution in [2.45, 2.75) is 26.3 Å². The first-order valence-corrected chi connectivity index (χ1v) is 6.63. The Morgan fingerprint density at radius 1 is 1.15 bits per heavy atom. The standard InChI is InChI=1S/C17H17FN2/c1-12(2)14-8-6-13(7-9-14)11-20-17-5-3-4-16(18)15(17)10-19/h3-9,12,20H,11H2,1-2H3. The van der Waals surface area contributed by atoms with Crippen molar-refractivity contribution >= 4 is 5.69 Å². The Morgan fingerprint density at radius 2 is 1.85 bits per heavy atom. The number of benzene rings is 2. The fourth-order valence-corrected chi connectivity index (χ4v) is 2.00. The van der Waals surface area contributed by atoms with Gasteiger partial charge in [-0.05, 0) is 29.2 Å². The second-order valence-electron chi connectivity index (χ2n) is 5.02. The van der Waals surface area contributed by atoms with Crippen molar-refractivity contribution in [2.24, 2.45) is 0 Å². The molecular formula is C17H17FN2. The van der Waals surface area contributed by atoms with Crippen LogP contribution in [0.5, 0.6) is 0 Å². The van der Waals surface area contributed by atoms with Crippen LogP contribution in [-0.4, -0.2) is 0 Å². The van der Waals surface area contributed by atoms with E-state index in [1.807, 2.05) is 18.2 Å². The Hall–Kier alpha value is -2.34. The molecule has 2 nitrogen and oxygen atoms in total. The van der Waals surface area contributed by atoms with Crippen LogP contribution < -0.4 is 5.32 Å². The van der Waals surface area contributed by atoms with Gasteiger partial charge in [-0.2, -0.15) is 5.26 Å². The molecule has 0 bridgehead atoms. The van der Waals surface area contributed by atoms with Gasteiger partial charge in [-0.3, -0.25) is 0 Å². The fourth-order valence-electron chi connectivity index (χ4n) is 2.00. The molecule has 0 aliphatic rings. The van der Waals surface area contributed by atoms with Gasteiger partial charge in [0.2, 0.25) is 0 Å². The largest absolute Gasteiger partial charge is 0.380 e. The SMILES string of the molecule is CC(C)c1ccc(CNc2cccc(F)c2C#N)cc1. The van der Waals surface area contributed by atoms with E-state index in [0.29, 0.717) is 18.2 Å². The van der Waals surface area contributed by atoms with E-state index in [4.69, 9.17) is 5.26 Å². The van der Waals surface area contributed by atoms with Crippen molar-refractivity contribution in [1.29, 1.82) is 5.26 Å². The number of nitriles is 1. The van der Waals surface area contributed by atoms with Crippen LogP contribution in [-0.2, 0) is 6.54 Å². The average molecular weight is 268 g/mol. The second kappa shape index (κ2) is 6.21. The summed E-state index contributed by atoms with van der Waals surface area (Å²) in [7, 11) is 0. The number of hydrogen-bond acceptors (Lipinski definition) is 2. The normalized spacial score (nSPS) is 10.3. The van der Waals surface area contributed by atoms with E-state index in [1.165, 1.54) is 11.6 Å². The predicted octanol–water partition coefficient (Wildman–Crippen LogP) is 4.43. The molecule has 2 aromatic rings. The summed E-state index contributed by atoms with van der Waals surface area (Å²) < 4.78 is 13.5. The Labute approximate surface area is 118 Å². The van der Waals surface area contributed by atoms with E-state index >= 15 is 0 Å². The molecule has 2 rings (SSSR count). The quantitative estimate of drug-likeness (QED) is 0.890. The van der Waals surface area contributed by atoms with Crippen LogP contribution in [0.25, 0.3) is 0 Å². The zero-order chi connectivity index (χ0) is 14.5. The van der Waals surface area contributed by atoms with E-state index in [1.54, 1.807) is 12.1 Å². The maximum Gasteiger partial charge on any atom is 0.143 e. The maximum atomic E-state index is 13.5. The molecule has 102 valence electrons. The Morgan fingerprint density at radius 3 is 2.45 bits per heavy atom. The Balaban J connectivity index is 2.09. The molecule has 0 fully saturated rings. The lowest BCUT2D eigenvalue weighted by atomic mass is 10.0. The van der Waals surface area contributed by atoms with Gasteiger partial charge >= 0.3 is 0 Å². The first-order chi connectivity index (χ1) is 9.61. The molecular weight excluding hydrogens is 251 g/mol. The maximum absolute atomic E-state index is 13.5. The first kappa shape index (κ1) is 14.1. The third-order valence-corrected chi connectivity index (χ3v) is 3.25. The lowest BCUT2D eigenvalue weighted by Crippen LogP contribution is -2.02. The van der Waals surface area contributed by atoms with Gasteiger partial charge in [-0.25, -0.2) is 4.39 Å². The zero-order valence-electron chi connectivity index (χ0n) is 11.7. The number of hydrogen-bond donors (Lipinski definition) is 1. The highest BCUT2D eigenvalue weighted by molar-refractivity contribution is 5.58.